The van der Waals surface area contributed by atoms with Crippen LogP contribution in [0.1, 0.15) is 50.0 Å². The molecule has 1 aliphatic carbocycles. The second-order valence-electron chi connectivity index (χ2n) is 7.73. The maximum absolute atomic E-state index is 4.80. The molecule has 1 saturated carbocycles. The minimum absolute atomic E-state index is 0.900. The van der Waals surface area contributed by atoms with Crippen LogP contribution in [-0.2, 0) is 19.4 Å². The monoisotopic (exact) mass is 329 g/mol. The summed E-state index contributed by atoms with van der Waals surface area (Å²) in [7, 11) is 1.92. The first kappa shape index (κ1) is 16.0. The van der Waals surface area contributed by atoms with Crippen LogP contribution >= 0.6 is 0 Å². The number of nitrogens with one attached hydrogen (secondary N) is 1. The van der Waals surface area contributed by atoms with Gasteiger partial charge in [-0.1, -0.05) is 12.8 Å². The summed E-state index contributed by atoms with van der Waals surface area (Å²) in [4.78, 5) is 11.8. The lowest BCUT2D eigenvalue weighted by Crippen LogP contribution is -2.41. The molecule has 3 heterocycles. The molecule has 2 aliphatic heterocycles. The van der Waals surface area contributed by atoms with Crippen molar-refractivity contribution in [2.24, 2.45) is 16.8 Å². The Balaban J connectivity index is 1.29. The van der Waals surface area contributed by atoms with E-state index in [-0.39, 0.29) is 0 Å². The largest absolute Gasteiger partial charge is 0.356 e. The number of fused-ring (bicyclic) bond motifs is 2. The van der Waals surface area contributed by atoms with E-state index in [2.05, 4.69) is 26.0 Å². The second-order valence-corrected chi connectivity index (χ2v) is 7.73. The summed E-state index contributed by atoms with van der Waals surface area (Å²) in [5.74, 6) is 4.17. The van der Waals surface area contributed by atoms with E-state index in [1.54, 1.807) is 0 Å². The number of likely N-dealkylation sites (tertiary alicyclic amines) is 1. The van der Waals surface area contributed by atoms with Gasteiger partial charge in [0.05, 0.1) is 5.69 Å². The van der Waals surface area contributed by atoms with Crippen molar-refractivity contribution in [1.29, 1.82) is 0 Å². The summed E-state index contributed by atoms with van der Waals surface area (Å²) in [5.41, 5.74) is 1.23. The number of imidazole rings is 1. The van der Waals surface area contributed by atoms with Crippen LogP contribution in [0, 0.1) is 11.8 Å². The number of guanidine groups is 1. The van der Waals surface area contributed by atoms with E-state index in [1.807, 2.05) is 7.05 Å². The van der Waals surface area contributed by atoms with Crippen molar-refractivity contribution >= 4 is 5.96 Å². The normalized spacial score (nSPS) is 27.0. The smallest absolute Gasteiger partial charge is 0.193 e. The lowest BCUT2D eigenvalue weighted by molar-refractivity contribution is 0.299. The molecule has 0 amide bonds. The van der Waals surface area contributed by atoms with Crippen LogP contribution in [0.3, 0.4) is 0 Å². The van der Waals surface area contributed by atoms with E-state index in [0.717, 1.165) is 43.7 Å². The van der Waals surface area contributed by atoms with E-state index in [4.69, 9.17) is 4.98 Å². The standard InChI is InChI=1S/C19H31N5/c1-20-19(24-12-15-6-2-3-7-16(15)13-24)21-10-9-17-14-23-11-5-4-8-18(23)22-17/h14-16H,2-13H2,1H3,(H,20,21). The van der Waals surface area contributed by atoms with E-state index in [0.29, 0.717) is 0 Å². The molecule has 5 heteroatoms. The topological polar surface area (TPSA) is 45.5 Å². The lowest BCUT2D eigenvalue weighted by Gasteiger charge is -2.22. The second kappa shape index (κ2) is 7.16. The van der Waals surface area contributed by atoms with Gasteiger partial charge in [-0.25, -0.2) is 4.98 Å². The van der Waals surface area contributed by atoms with Gasteiger partial charge in [0.15, 0.2) is 5.96 Å². The van der Waals surface area contributed by atoms with Crippen LogP contribution in [0.2, 0.25) is 0 Å². The van der Waals surface area contributed by atoms with E-state index >= 15 is 0 Å². The fraction of sp³-hybridized carbons (Fsp3) is 0.789. The Bertz CT molecular complexity index is 553. The molecule has 0 aromatic carbocycles. The van der Waals surface area contributed by atoms with Gasteiger partial charge < -0.3 is 14.8 Å². The van der Waals surface area contributed by atoms with Gasteiger partial charge in [-0.2, -0.15) is 0 Å². The molecule has 2 unspecified atom stereocenters. The van der Waals surface area contributed by atoms with E-state index in [9.17, 15) is 0 Å². The first-order valence-electron chi connectivity index (χ1n) is 9.84. The molecule has 24 heavy (non-hydrogen) atoms. The van der Waals surface area contributed by atoms with Crippen molar-refractivity contribution in [1.82, 2.24) is 19.8 Å². The van der Waals surface area contributed by atoms with Gasteiger partial charge in [-0.05, 0) is 37.5 Å². The molecule has 1 N–H and O–H groups in total. The summed E-state index contributed by atoms with van der Waals surface area (Å²) in [6.45, 7) is 4.47. The van der Waals surface area contributed by atoms with Crippen LogP contribution in [0.15, 0.2) is 11.2 Å². The van der Waals surface area contributed by atoms with Gasteiger partial charge in [0.1, 0.15) is 5.82 Å². The summed E-state index contributed by atoms with van der Waals surface area (Å²) >= 11 is 0. The number of nitrogens with zero attached hydrogens (tertiary/aromatic N) is 4. The number of hydrogen-bond acceptors (Lipinski definition) is 2. The fourth-order valence-electron chi connectivity index (χ4n) is 4.81. The van der Waals surface area contributed by atoms with Gasteiger partial charge in [0.25, 0.3) is 0 Å². The van der Waals surface area contributed by atoms with Gasteiger partial charge in [-0.15, -0.1) is 0 Å². The molecule has 2 fully saturated rings. The van der Waals surface area contributed by atoms with Crippen molar-refractivity contribution in [2.75, 3.05) is 26.7 Å². The van der Waals surface area contributed by atoms with Crippen LogP contribution in [0.5, 0.6) is 0 Å². The summed E-state index contributed by atoms with van der Waals surface area (Å²) in [5, 5.41) is 3.58. The highest BCUT2D eigenvalue weighted by atomic mass is 15.3. The highest BCUT2D eigenvalue weighted by Gasteiger charge is 2.35. The maximum atomic E-state index is 4.80. The van der Waals surface area contributed by atoms with Gasteiger partial charge in [0.2, 0.25) is 0 Å². The SMILES string of the molecule is CN=C(NCCc1cn2c(n1)CCCC2)N1CC2CCCCC2C1. The van der Waals surface area contributed by atoms with Crippen LogP contribution in [0.4, 0.5) is 0 Å². The van der Waals surface area contributed by atoms with Crippen LogP contribution in [0.25, 0.3) is 0 Å². The number of aryl methyl sites for hydroxylation is 2. The van der Waals surface area contributed by atoms with Crippen molar-refractivity contribution in [3.05, 3.63) is 17.7 Å². The minimum Gasteiger partial charge on any atom is -0.356 e. The molecule has 4 rings (SSSR count). The minimum atomic E-state index is 0.900. The lowest BCUT2D eigenvalue weighted by atomic mass is 9.82. The molecule has 0 spiro atoms. The molecule has 1 saturated heterocycles. The van der Waals surface area contributed by atoms with Gasteiger partial charge in [-0.3, -0.25) is 4.99 Å². The predicted octanol–water partition coefficient (Wildman–Crippen LogP) is 2.46. The molecule has 132 valence electrons. The van der Waals surface area contributed by atoms with Crippen molar-refractivity contribution in [2.45, 2.75) is 57.9 Å². The van der Waals surface area contributed by atoms with Gasteiger partial charge >= 0.3 is 0 Å². The summed E-state index contributed by atoms with van der Waals surface area (Å²) < 4.78 is 2.35. The Morgan fingerprint density at radius 1 is 1.21 bits per heavy atom. The maximum Gasteiger partial charge on any atom is 0.193 e. The third-order valence-electron chi connectivity index (χ3n) is 6.11. The third-order valence-corrected chi connectivity index (χ3v) is 6.11. The molecule has 3 aliphatic rings. The Labute approximate surface area is 145 Å². The first-order valence-corrected chi connectivity index (χ1v) is 9.84. The summed E-state index contributed by atoms with van der Waals surface area (Å²) in [6.07, 6.45) is 12.6. The van der Waals surface area contributed by atoms with Crippen molar-refractivity contribution in [3.8, 4) is 0 Å². The van der Waals surface area contributed by atoms with Crippen LogP contribution in [-0.4, -0.2) is 47.1 Å². The average Bonchev–Trinajstić information content (AvgIpc) is 3.21. The molecule has 5 nitrogen and oxygen atoms in total. The number of aliphatic imine (C=N–C) groups is 1. The van der Waals surface area contributed by atoms with Crippen molar-refractivity contribution in [3.63, 3.8) is 0 Å². The molecule has 1 aromatic heterocycles. The first-order chi connectivity index (χ1) is 11.8. The Morgan fingerprint density at radius 2 is 2.00 bits per heavy atom. The van der Waals surface area contributed by atoms with E-state index in [1.165, 1.54) is 63.1 Å². The molecule has 0 bridgehead atoms. The third kappa shape index (κ3) is 3.31. The van der Waals surface area contributed by atoms with Crippen molar-refractivity contribution < 1.29 is 0 Å². The molecule has 0 radical (unpaired) electrons. The predicted molar refractivity (Wildman–Crippen MR) is 97.3 cm³/mol. The molecular formula is C19H31N5. The Hall–Kier alpha value is -1.52. The molecule has 2 atom stereocenters. The van der Waals surface area contributed by atoms with E-state index < -0.39 is 0 Å². The number of rotatable bonds is 3. The Kier molecular flexibility index (Phi) is 4.76. The zero-order valence-electron chi connectivity index (χ0n) is 15.0. The number of hydrogen-bond donors (Lipinski definition) is 1. The highest BCUT2D eigenvalue weighted by molar-refractivity contribution is 5.80. The highest BCUT2D eigenvalue weighted by Crippen LogP contribution is 2.35. The van der Waals surface area contributed by atoms with Crippen LogP contribution < -0.4 is 5.32 Å². The summed E-state index contributed by atoms with van der Waals surface area (Å²) in [6, 6.07) is 0. The average molecular weight is 329 g/mol. The zero-order chi connectivity index (χ0) is 16.4. The number of aromatic nitrogens is 2. The molecule has 1 aromatic rings. The quantitative estimate of drug-likeness (QED) is 0.684. The molecular weight excluding hydrogens is 298 g/mol. The zero-order valence-corrected chi connectivity index (χ0v) is 15.0. The fourth-order valence-corrected chi connectivity index (χ4v) is 4.81. The Morgan fingerprint density at radius 3 is 2.71 bits per heavy atom. The van der Waals surface area contributed by atoms with Gasteiger partial charge in [0, 0.05) is 52.3 Å².